The van der Waals surface area contributed by atoms with E-state index in [2.05, 4.69) is 24.3 Å². The summed E-state index contributed by atoms with van der Waals surface area (Å²) in [6, 6.07) is 8.40. The second-order valence-corrected chi connectivity index (χ2v) is 8.96. The average molecular weight is 436 g/mol. The van der Waals surface area contributed by atoms with E-state index in [4.69, 9.17) is 10.5 Å². The molecule has 1 aromatic rings. The molecule has 0 radical (unpaired) electrons. The van der Waals surface area contributed by atoms with Gasteiger partial charge < -0.3 is 20.3 Å². The van der Waals surface area contributed by atoms with Gasteiger partial charge in [0.1, 0.15) is 0 Å². The number of hydrogen-bond acceptors (Lipinski definition) is 4. The molecule has 2 amide bonds. The maximum atomic E-state index is 12.8. The first-order valence-electron chi connectivity index (χ1n) is 11.1. The van der Waals surface area contributed by atoms with Crippen molar-refractivity contribution in [2.45, 2.75) is 50.5 Å². The van der Waals surface area contributed by atoms with Crippen LogP contribution in [0.25, 0.3) is 0 Å². The fourth-order valence-electron chi connectivity index (χ4n) is 4.94. The number of rotatable bonds is 5. The van der Waals surface area contributed by atoms with E-state index >= 15 is 0 Å². The predicted octanol–water partition coefficient (Wildman–Crippen LogP) is 2.17. The Morgan fingerprint density at radius 2 is 1.63 bits per heavy atom. The number of carbonyl (C=O) groups excluding carboxylic acids is 2. The Morgan fingerprint density at radius 1 is 1.00 bits per heavy atom. The van der Waals surface area contributed by atoms with Gasteiger partial charge in [-0.3, -0.25) is 9.59 Å². The zero-order valence-electron chi connectivity index (χ0n) is 17.7. The van der Waals surface area contributed by atoms with Crippen LogP contribution in [0.2, 0.25) is 0 Å². The summed E-state index contributed by atoms with van der Waals surface area (Å²) in [6.07, 6.45) is 6.26. The summed E-state index contributed by atoms with van der Waals surface area (Å²) in [7, 11) is 0. The molecule has 1 atom stereocenters. The maximum Gasteiger partial charge on any atom is 0.242 e. The average Bonchev–Trinajstić information content (AvgIpc) is 3.39. The van der Waals surface area contributed by atoms with E-state index in [-0.39, 0.29) is 24.2 Å². The van der Waals surface area contributed by atoms with Crippen molar-refractivity contribution in [1.82, 2.24) is 9.80 Å². The van der Waals surface area contributed by atoms with Crippen molar-refractivity contribution in [1.29, 1.82) is 0 Å². The number of nitrogens with zero attached hydrogens (tertiary/aromatic N) is 2. The Balaban J connectivity index is 0.00000256. The number of nitrogens with two attached hydrogens (primary N) is 1. The quantitative estimate of drug-likeness (QED) is 0.769. The lowest BCUT2D eigenvalue weighted by Crippen LogP contribution is -2.52. The van der Waals surface area contributed by atoms with E-state index in [9.17, 15) is 9.59 Å². The van der Waals surface area contributed by atoms with Crippen molar-refractivity contribution in [3.8, 4) is 0 Å². The third kappa shape index (κ3) is 5.34. The molecular weight excluding hydrogens is 402 g/mol. The Kier molecular flexibility index (Phi) is 7.77. The SMILES string of the molecule is Cl.NC1(C(=O)N2CCC(Cc3ccc(CC(=O)N4CCOCC4)cc3)C2)CCCC1. The molecule has 0 bridgehead atoms. The van der Waals surface area contributed by atoms with E-state index in [1.54, 1.807) is 0 Å². The summed E-state index contributed by atoms with van der Waals surface area (Å²) in [5.41, 5.74) is 8.08. The number of ether oxygens (including phenoxy) is 1. The maximum absolute atomic E-state index is 12.8. The molecule has 1 aliphatic carbocycles. The smallest absolute Gasteiger partial charge is 0.242 e. The van der Waals surface area contributed by atoms with Gasteiger partial charge in [-0.25, -0.2) is 0 Å². The van der Waals surface area contributed by atoms with E-state index in [1.807, 2.05) is 9.80 Å². The van der Waals surface area contributed by atoms with Gasteiger partial charge in [0.15, 0.2) is 0 Å². The van der Waals surface area contributed by atoms with Crippen molar-refractivity contribution in [2.75, 3.05) is 39.4 Å². The largest absolute Gasteiger partial charge is 0.378 e. The number of morpholine rings is 1. The molecule has 1 unspecified atom stereocenters. The molecule has 0 spiro atoms. The second kappa shape index (κ2) is 10.1. The lowest BCUT2D eigenvalue weighted by atomic mass is 9.96. The van der Waals surface area contributed by atoms with E-state index in [1.165, 1.54) is 5.56 Å². The molecule has 7 heteroatoms. The molecule has 0 aromatic heterocycles. The molecule has 166 valence electrons. The van der Waals surface area contributed by atoms with Gasteiger partial charge in [0.05, 0.1) is 25.2 Å². The topological polar surface area (TPSA) is 75.9 Å². The normalized spacial score (nSPS) is 23.3. The first kappa shape index (κ1) is 23.0. The highest BCUT2D eigenvalue weighted by Gasteiger charge is 2.41. The first-order valence-corrected chi connectivity index (χ1v) is 11.1. The Labute approximate surface area is 185 Å². The van der Waals surface area contributed by atoms with Crippen LogP contribution in [0.15, 0.2) is 24.3 Å². The van der Waals surface area contributed by atoms with Crippen LogP contribution in [0.1, 0.15) is 43.2 Å². The summed E-state index contributed by atoms with van der Waals surface area (Å²) in [4.78, 5) is 29.1. The number of likely N-dealkylation sites (tertiary alicyclic amines) is 1. The molecule has 3 aliphatic rings. The van der Waals surface area contributed by atoms with E-state index in [0.29, 0.717) is 38.6 Å². The fourth-order valence-corrected chi connectivity index (χ4v) is 4.94. The van der Waals surface area contributed by atoms with Gasteiger partial charge >= 0.3 is 0 Å². The standard InChI is InChI=1S/C23H33N3O3.ClH/c24-23(8-1-2-9-23)22(28)26-10-7-20(17-26)15-18-3-5-19(6-4-18)16-21(27)25-11-13-29-14-12-25;/h3-6,20H,1-2,7-17,24H2;1H. The van der Waals surface area contributed by atoms with Gasteiger partial charge in [0, 0.05) is 26.2 Å². The van der Waals surface area contributed by atoms with Crippen LogP contribution < -0.4 is 5.73 Å². The van der Waals surface area contributed by atoms with Gasteiger partial charge in [-0.2, -0.15) is 0 Å². The molecule has 1 aromatic carbocycles. The molecule has 3 fully saturated rings. The Hall–Kier alpha value is -1.63. The van der Waals surface area contributed by atoms with Crippen molar-refractivity contribution in [2.24, 2.45) is 11.7 Å². The number of benzene rings is 1. The van der Waals surface area contributed by atoms with Crippen molar-refractivity contribution < 1.29 is 14.3 Å². The van der Waals surface area contributed by atoms with E-state index in [0.717, 1.165) is 57.2 Å². The summed E-state index contributed by atoms with van der Waals surface area (Å²) in [5.74, 6) is 0.827. The Morgan fingerprint density at radius 3 is 2.30 bits per heavy atom. The summed E-state index contributed by atoms with van der Waals surface area (Å²) in [5, 5.41) is 0. The minimum absolute atomic E-state index is 0. The van der Waals surface area contributed by atoms with Gasteiger partial charge in [0.2, 0.25) is 11.8 Å². The first-order chi connectivity index (χ1) is 14.0. The van der Waals surface area contributed by atoms with Crippen molar-refractivity contribution in [3.63, 3.8) is 0 Å². The molecule has 30 heavy (non-hydrogen) atoms. The lowest BCUT2D eigenvalue weighted by molar-refractivity contribution is -0.136. The minimum Gasteiger partial charge on any atom is -0.378 e. The summed E-state index contributed by atoms with van der Waals surface area (Å²) < 4.78 is 5.31. The number of carbonyl (C=O) groups is 2. The van der Waals surface area contributed by atoms with Crippen LogP contribution in [-0.4, -0.2) is 66.5 Å². The molecule has 1 saturated carbocycles. The zero-order valence-corrected chi connectivity index (χ0v) is 18.5. The number of amides is 2. The van der Waals surface area contributed by atoms with Crippen LogP contribution in [-0.2, 0) is 27.2 Å². The number of halogens is 1. The van der Waals surface area contributed by atoms with Gasteiger partial charge in [-0.05, 0) is 42.7 Å². The van der Waals surface area contributed by atoms with Crippen LogP contribution >= 0.6 is 12.4 Å². The molecule has 6 nitrogen and oxygen atoms in total. The highest BCUT2D eigenvalue weighted by molar-refractivity contribution is 5.86. The molecule has 2 aliphatic heterocycles. The van der Waals surface area contributed by atoms with Crippen LogP contribution in [0.5, 0.6) is 0 Å². The Bertz CT molecular complexity index is 728. The summed E-state index contributed by atoms with van der Waals surface area (Å²) in [6.45, 7) is 4.30. The van der Waals surface area contributed by atoms with Crippen molar-refractivity contribution >= 4 is 24.2 Å². The van der Waals surface area contributed by atoms with Crippen LogP contribution in [0, 0.1) is 5.92 Å². The van der Waals surface area contributed by atoms with Gasteiger partial charge in [-0.15, -0.1) is 12.4 Å². The monoisotopic (exact) mass is 435 g/mol. The highest BCUT2D eigenvalue weighted by Crippen LogP contribution is 2.31. The minimum atomic E-state index is -0.608. The molecule has 2 N–H and O–H groups in total. The van der Waals surface area contributed by atoms with Crippen molar-refractivity contribution in [3.05, 3.63) is 35.4 Å². The van der Waals surface area contributed by atoms with Crippen LogP contribution in [0.4, 0.5) is 0 Å². The fraction of sp³-hybridized carbons (Fsp3) is 0.652. The highest BCUT2D eigenvalue weighted by atomic mass is 35.5. The second-order valence-electron chi connectivity index (χ2n) is 8.96. The molecule has 2 heterocycles. The molecule has 4 rings (SSSR count). The summed E-state index contributed by atoms with van der Waals surface area (Å²) >= 11 is 0. The lowest BCUT2D eigenvalue weighted by Gasteiger charge is -2.28. The van der Waals surface area contributed by atoms with Crippen LogP contribution in [0.3, 0.4) is 0 Å². The van der Waals surface area contributed by atoms with Gasteiger partial charge in [0.25, 0.3) is 0 Å². The molecule has 2 saturated heterocycles. The van der Waals surface area contributed by atoms with Gasteiger partial charge in [-0.1, -0.05) is 37.1 Å². The van der Waals surface area contributed by atoms with E-state index < -0.39 is 5.54 Å². The molecular formula is C23H34ClN3O3. The third-order valence-electron chi connectivity index (χ3n) is 6.76. The zero-order chi connectivity index (χ0) is 20.3. The number of hydrogen-bond donors (Lipinski definition) is 1. The predicted molar refractivity (Wildman–Crippen MR) is 119 cm³/mol. The third-order valence-corrected chi connectivity index (χ3v) is 6.76.